The second-order valence-electron chi connectivity index (χ2n) is 8.99. The summed E-state index contributed by atoms with van der Waals surface area (Å²) in [5, 5.41) is 11.4. The van der Waals surface area contributed by atoms with Crippen LogP contribution in [0.4, 0.5) is 11.4 Å². The highest BCUT2D eigenvalue weighted by Crippen LogP contribution is 2.54. The number of non-ortho nitro benzene ring substituents is 1. The van der Waals surface area contributed by atoms with E-state index >= 15 is 0 Å². The van der Waals surface area contributed by atoms with Crippen molar-refractivity contribution in [3.63, 3.8) is 0 Å². The number of anilines is 1. The van der Waals surface area contributed by atoms with Gasteiger partial charge in [0.1, 0.15) is 17.6 Å². The van der Waals surface area contributed by atoms with Crippen LogP contribution in [-0.2, 0) is 16.2 Å². The molecule has 39 heavy (non-hydrogen) atoms. The average Bonchev–Trinajstić information content (AvgIpc) is 3.42. The highest BCUT2D eigenvalue weighted by molar-refractivity contribution is 8.00. The lowest BCUT2D eigenvalue weighted by Crippen LogP contribution is -2.32. The molecule has 3 aromatic carbocycles. The van der Waals surface area contributed by atoms with E-state index in [1.165, 1.54) is 24.3 Å². The lowest BCUT2D eigenvalue weighted by molar-refractivity contribution is -0.384. The third kappa shape index (κ3) is 4.52. The molecule has 0 radical (unpaired) electrons. The highest BCUT2D eigenvalue weighted by atomic mass is 35.5. The summed E-state index contributed by atoms with van der Waals surface area (Å²) in [7, 11) is 0. The summed E-state index contributed by atoms with van der Waals surface area (Å²) >= 11 is 8.29. The van der Waals surface area contributed by atoms with Gasteiger partial charge in [0.25, 0.3) is 5.69 Å². The molecule has 196 valence electrons. The van der Waals surface area contributed by atoms with Crippen LogP contribution >= 0.6 is 34.7 Å². The minimum atomic E-state index is -0.812. The number of aromatic nitrogens is 1. The zero-order valence-electron chi connectivity index (χ0n) is 19.9. The molecule has 0 saturated carbocycles. The van der Waals surface area contributed by atoms with Crippen LogP contribution in [0.2, 0.25) is 5.02 Å². The molecule has 1 saturated heterocycles. The smallest absolute Gasteiger partial charge is 0.305 e. The number of ether oxygens (including phenoxy) is 1. The Kier molecular flexibility index (Phi) is 6.49. The number of nitrogens with one attached hydrogen (secondary N) is 1. The van der Waals surface area contributed by atoms with Gasteiger partial charge in [0.05, 0.1) is 21.6 Å². The number of hydrogen-bond acceptors (Lipinski definition) is 8. The van der Waals surface area contributed by atoms with Gasteiger partial charge in [0.15, 0.2) is 0 Å². The van der Waals surface area contributed by atoms with Gasteiger partial charge in [-0.05, 0) is 35.9 Å². The number of carbonyl (C=O) groups is 2. The molecule has 3 unspecified atom stereocenters. The molecule has 1 aromatic heterocycles. The molecule has 12 heteroatoms. The Morgan fingerprint density at radius 1 is 1.00 bits per heavy atom. The molecular weight excluding hydrogens is 562 g/mol. The lowest BCUT2D eigenvalue weighted by Gasteiger charge is -2.30. The fourth-order valence-electron chi connectivity index (χ4n) is 4.99. The summed E-state index contributed by atoms with van der Waals surface area (Å²) in [5.74, 6) is -1.79. The number of fused-ring (bicyclic) bond motifs is 2. The maximum atomic E-state index is 13.9. The summed E-state index contributed by atoms with van der Waals surface area (Å²) in [6.07, 6.45) is 0. The third-order valence-electron chi connectivity index (χ3n) is 6.68. The Morgan fingerprint density at radius 3 is 2.51 bits per heavy atom. The second-order valence-corrected chi connectivity index (χ2v) is 11.6. The van der Waals surface area contributed by atoms with Crippen LogP contribution in [0.5, 0.6) is 5.75 Å². The van der Waals surface area contributed by atoms with Crippen molar-refractivity contribution < 1.29 is 19.2 Å². The Morgan fingerprint density at radius 2 is 1.77 bits per heavy atom. The number of nitro benzene ring substituents is 1. The van der Waals surface area contributed by atoms with Crippen LogP contribution in [0.1, 0.15) is 21.9 Å². The number of benzene rings is 3. The molecule has 1 N–H and O–H groups in total. The Labute approximate surface area is 234 Å². The molecule has 0 spiro atoms. The standard InChI is InChI=1S/C27H18ClN3O6S2/c28-15-5-3-4-14(12-15)13-37-19-7-2-1-6-18(19)20-21-23(38-24-22(20)39-27(34)29-24)26(33)30(25(21)32)16-8-10-17(11-9-16)31(35)36/h1-12,20-21,23H,13H2,(H,29,34). The first kappa shape index (κ1) is 25.4. The number of amides is 2. The van der Waals surface area contributed by atoms with E-state index in [1.807, 2.05) is 30.3 Å². The predicted molar refractivity (Wildman–Crippen MR) is 148 cm³/mol. The van der Waals surface area contributed by atoms with E-state index < -0.39 is 33.8 Å². The number of thiazole rings is 1. The van der Waals surface area contributed by atoms with Crippen LogP contribution in [0.25, 0.3) is 0 Å². The average molecular weight is 580 g/mol. The first-order valence-electron chi connectivity index (χ1n) is 11.8. The van der Waals surface area contributed by atoms with Crippen molar-refractivity contribution in [2.45, 2.75) is 22.8 Å². The van der Waals surface area contributed by atoms with E-state index in [-0.39, 0.29) is 22.9 Å². The van der Waals surface area contributed by atoms with Crippen LogP contribution in [0.3, 0.4) is 0 Å². The van der Waals surface area contributed by atoms with Crippen LogP contribution in [0, 0.1) is 16.0 Å². The van der Waals surface area contributed by atoms with Crippen molar-refractivity contribution in [1.82, 2.24) is 4.98 Å². The van der Waals surface area contributed by atoms with Crippen molar-refractivity contribution in [1.29, 1.82) is 0 Å². The van der Waals surface area contributed by atoms with Gasteiger partial charge in [-0.3, -0.25) is 24.5 Å². The summed E-state index contributed by atoms with van der Waals surface area (Å²) in [4.78, 5) is 54.7. The number of hydrogen-bond donors (Lipinski definition) is 1. The SMILES string of the molecule is O=C1C2Sc3[nH]c(=O)sc3C(c3ccccc3OCc3cccc(Cl)c3)C2C(=O)N1c1ccc([N+](=O)[O-])cc1. The van der Waals surface area contributed by atoms with Gasteiger partial charge >= 0.3 is 4.87 Å². The number of halogens is 1. The Bertz CT molecular complexity index is 1690. The van der Waals surface area contributed by atoms with Crippen molar-refractivity contribution in [3.05, 3.63) is 114 Å². The van der Waals surface area contributed by atoms with E-state index in [0.717, 1.165) is 33.6 Å². The first-order valence-corrected chi connectivity index (χ1v) is 13.9. The van der Waals surface area contributed by atoms with E-state index in [9.17, 15) is 24.5 Å². The zero-order chi connectivity index (χ0) is 27.3. The predicted octanol–water partition coefficient (Wildman–Crippen LogP) is 5.37. The number of H-pyrrole nitrogens is 1. The number of thioether (sulfide) groups is 1. The molecule has 0 bridgehead atoms. The molecular formula is C27H18ClN3O6S2. The summed E-state index contributed by atoms with van der Waals surface area (Å²) in [6.45, 7) is 0.227. The van der Waals surface area contributed by atoms with E-state index in [1.54, 1.807) is 18.2 Å². The van der Waals surface area contributed by atoms with Crippen molar-refractivity contribution in [2.75, 3.05) is 4.90 Å². The first-order chi connectivity index (χ1) is 18.8. The van der Waals surface area contributed by atoms with Crippen LogP contribution < -0.4 is 14.5 Å². The Balaban J connectivity index is 1.40. The summed E-state index contributed by atoms with van der Waals surface area (Å²) in [6, 6.07) is 19.9. The van der Waals surface area contributed by atoms with E-state index in [4.69, 9.17) is 16.3 Å². The molecule has 0 aliphatic carbocycles. The molecule has 2 aliphatic heterocycles. The monoisotopic (exact) mass is 579 g/mol. The second kappa shape index (κ2) is 9.99. The van der Waals surface area contributed by atoms with Gasteiger partial charge in [0.2, 0.25) is 11.8 Å². The maximum absolute atomic E-state index is 13.9. The van der Waals surface area contributed by atoms with Gasteiger partial charge in [-0.2, -0.15) is 0 Å². The van der Waals surface area contributed by atoms with Gasteiger partial charge in [-0.25, -0.2) is 4.90 Å². The van der Waals surface area contributed by atoms with Gasteiger partial charge in [-0.1, -0.05) is 65.0 Å². The number of carbonyl (C=O) groups excluding carboxylic acids is 2. The minimum Gasteiger partial charge on any atom is -0.489 e. The summed E-state index contributed by atoms with van der Waals surface area (Å²) < 4.78 is 6.19. The number of rotatable bonds is 6. The number of para-hydroxylation sites is 1. The maximum Gasteiger partial charge on any atom is 0.305 e. The van der Waals surface area contributed by atoms with Crippen molar-refractivity contribution in [3.8, 4) is 5.75 Å². The molecule has 3 heterocycles. The molecule has 3 atom stereocenters. The number of nitrogens with zero attached hydrogens (tertiary/aromatic N) is 2. The van der Waals surface area contributed by atoms with Crippen molar-refractivity contribution in [2.24, 2.45) is 5.92 Å². The fraction of sp³-hybridized carbons (Fsp3) is 0.148. The quantitative estimate of drug-likeness (QED) is 0.185. The molecule has 2 aliphatic rings. The lowest BCUT2D eigenvalue weighted by atomic mass is 9.82. The minimum absolute atomic E-state index is 0.145. The zero-order valence-corrected chi connectivity index (χ0v) is 22.3. The highest BCUT2D eigenvalue weighted by Gasteiger charge is 2.56. The van der Waals surface area contributed by atoms with Gasteiger partial charge in [-0.15, -0.1) is 0 Å². The molecule has 6 rings (SSSR count). The number of nitro groups is 1. The fourth-order valence-corrected chi connectivity index (χ4v) is 7.71. The third-order valence-corrected chi connectivity index (χ3v) is 9.32. The van der Waals surface area contributed by atoms with Gasteiger partial charge in [0, 0.05) is 33.5 Å². The largest absolute Gasteiger partial charge is 0.489 e. The van der Waals surface area contributed by atoms with Crippen molar-refractivity contribution >= 4 is 57.9 Å². The number of aromatic amines is 1. The molecule has 1 fully saturated rings. The topological polar surface area (TPSA) is 123 Å². The van der Waals surface area contributed by atoms with E-state index in [0.29, 0.717) is 26.2 Å². The molecule has 4 aromatic rings. The van der Waals surface area contributed by atoms with E-state index in [2.05, 4.69) is 4.98 Å². The summed E-state index contributed by atoms with van der Waals surface area (Å²) in [5.41, 5.74) is 1.65. The van der Waals surface area contributed by atoms with Gasteiger partial charge < -0.3 is 9.72 Å². The van der Waals surface area contributed by atoms with Crippen LogP contribution in [-0.4, -0.2) is 27.0 Å². The molecule has 2 amide bonds. The van der Waals surface area contributed by atoms with Crippen LogP contribution in [0.15, 0.2) is 82.6 Å². The Hall–Kier alpha value is -3.93. The molecule has 9 nitrogen and oxygen atoms in total. The normalized spacial score (nSPS) is 20.0. The number of imide groups is 1.